The normalized spacial score (nSPS) is 85.2. The van der Waals surface area contributed by atoms with Crippen LogP contribution in [0.15, 0.2) is 0 Å². The fourth-order valence-electron chi connectivity index (χ4n) is 6.92. The summed E-state index contributed by atoms with van der Waals surface area (Å²) in [5.41, 5.74) is 0.877. The van der Waals surface area contributed by atoms with Crippen LogP contribution in [0.2, 0.25) is 0 Å². The SMILES string of the molecule is CC12CC3C4CC1C1C4CC3C12. The van der Waals surface area contributed by atoms with Gasteiger partial charge in [0.05, 0.1) is 0 Å². The Labute approximate surface area is 73.7 Å². The maximum atomic E-state index is 2.62. The van der Waals surface area contributed by atoms with E-state index in [1.54, 1.807) is 19.3 Å². The first-order valence-corrected chi connectivity index (χ1v) is 5.81. The summed E-state index contributed by atoms with van der Waals surface area (Å²) in [4.78, 5) is 0. The lowest BCUT2D eigenvalue weighted by atomic mass is 9.50. The Morgan fingerprint density at radius 2 is 1.92 bits per heavy atom. The van der Waals surface area contributed by atoms with E-state index in [1.165, 1.54) is 41.4 Å². The minimum absolute atomic E-state index is 0.877. The van der Waals surface area contributed by atoms with E-state index in [0.717, 1.165) is 5.41 Å². The third kappa shape index (κ3) is 0.288. The maximum Gasteiger partial charge on any atom is -0.0258 e. The van der Waals surface area contributed by atoms with Gasteiger partial charge in [0, 0.05) is 0 Å². The Balaban J connectivity index is 1.88. The minimum Gasteiger partial charge on any atom is -0.0591 e. The van der Waals surface area contributed by atoms with Crippen molar-refractivity contribution < 1.29 is 0 Å². The molecule has 2 bridgehead atoms. The first kappa shape index (κ1) is 5.67. The van der Waals surface area contributed by atoms with Crippen LogP contribution in [0.3, 0.4) is 0 Å². The third-order valence-corrected chi connectivity index (χ3v) is 6.84. The second-order valence-corrected chi connectivity index (χ2v) is 6.55. The second-order valence-electron chi connectivity index (χ2n) is 6.55. The lowest BCUT2D eigenvalue weighted by Gasteiger charge is -2.54. The molecule has 0 spiro atoms. The second kappa shape index (κ2) is 1.22. The molecule has 0 aromatic carbocycles. The molecule has 5 saturated carbocycles. The lowest BCUT2D eigenvalue weighted by Crippen LogP contribution is -2.49. The Morgan fingerprint density at radius 3 is 2.83 bits per heavy atom. The van der Waals surface area contributed by atoms with Crippen LogP contribution in [0.25, 0.3) is 0 Å². The molecule has 64 valence electrons. The van der Waals surface area contributed by atoms with Crippen LogP contribution in [-0.4, -0.2) is 0 Å². The highest BCUT2D eigenvalue weighted by Crippen LogP contribution is 2.87. The zero-order valence-electron chi connectivity index (χ0n) is 7.66. The molecule has 0 radical (unpaired) electrons. The van der Waals surface area contributed by atoms with E-state index < -0.39 is 0 Å². The zero-order valence-corrected chi connectivity index (χ0v) is 7.66. The van der Waals surface area contributed by atoms with Gasteiger partial charge in [-0.1, -0.05) is 6.92 Å². The molecule has 5 aliphatic carbocycles. The topological polar surface area (TPSA) is 0 Å². The van der Waals surface area contributed by atoms with Crippen LogP contribution >= 0.6 is 0 Å². The molecule has 8 unspecified atom stereocenters. The van der Waals surface area contributed by atoms with Crippen LogP contribution < -0.4 is 0 Å². The van der Waals surface area contributed by atoms with Crippen molar-refractivity contribution in [2.45, 2.75) is 26.2 Å². The summed E-state index contributed by atoms with van der Waals surface area (Å²) in [6, 6.07) is 0. The predicted molar refractivity (Wildman–Crippen MR) is 46.4 cm³/mol. The summed E-state index contributed by atoms with van der Waals surface area (Å²) in [6.07, 6.45) is 4.96. The van der Waals surface area contributed by atoms with Gasteiger partial charge in [-0.05, 0) is 66.1 Å². The molecule has 12 heavy (non-hydrogen) atoms. The Kier molecular flexibility index (Phi) is 0.578. The molecule has 0 N–H and O–H groups in total. The average Bonchev–Trinajstić information content (AvgIpc) is 2.55. The molecule has 0 nitrogen and oxygen atoms in total. The van der Waals surface area contributed by atoms with Gasteiger partial charge in [0.25, 0.3) is 0 Å². The lowest BCUT2D eigenvalue weighted by molar-refractivity contribution is -0.0695. The van der Waals surface area contributed by atoms with Crippen molar-refractivity contribution in [1.82, 2.24) is 0 Å². The van der Waals surface area contributed by atoms with Gasteiger partial charge >= 0.3 is 0 Å². The smallest absolute Gasteiger partial charge is 0.0258 e. The summed E-state index contributed by atoms with van der Waals surface area (Å²) in [7, 11) is 0. The van der Waals surface area contributed by atoms with Gasteiger partial charge in [0.1, 0.15) is 0 Å². The summed E-state index contributed by atoms with van der Waals surface area (Å²) < 4.78 is 0. The van der Waals surface area contributed by atoms with Gasteiger partial charge in [-0.15, -0.1) is 0 Å². The highest BCUT2D eigenvalue weighted by molar-refractivity contribution is 5.29. The Morgan fingerprint density at radius 1 is 1.00 bits per heavy atom. The molecule has 5 aliphatic rings. The fraction of sp³-hybridized carbons (Fsp3) is 1.00. The Hall–Kier alpha value is 0. The van der Waals surface area contributed by atoms with Gasteiger partial charge in [-0.2, -0.15) is 0 Å². The zero-order chi connectivity index (χ0) is 7.66. The number of fused-ring (bicyclic) bond motifs is 2. The van der Waals surface area contributed by atoms with Crippen molar-refractivity contribution in [1.29, 1.82) is 0 Å². The van der Waals surface area contributed by atoms with E-state index in [2.05, 4.69) is 6.92 Å². The standard InChI is InChI=1S/C12H16/c1-12-4-8-5-3-9(12)10-6(5)2-7(8)11(10)12/h5-11H,2-4H2,1H3. The quantitative estimate of drug-likeness (QED) is 0.511. The van der Waals surface area contributed by atoms with E-state index in [0.29, 0.717) is 0 Å². The van der Waals surface area contributed by atoms with Crippen molar-refractivity contribution in [3.63, 3.8) is 0 Å². The third-order valence-electron chi connectivity index (χ3n) is 6.84. The van der Waals surface area contributed by atoms with Crippen LogP contribution in [0.1, 0.15) is 26.2 Å². The van der Waals surface area contributed by atoms with Crippen LogP contribution in [-0.2, 0) is 0 Å². The monoisotopic (exact) mass is 160 g/mol. The highest BCUT2D eigenvalue weighted by Gasteiger charge is 2.81. The number of hydrogen-bond donors (Lipinski definition) is 0. The van der Waals surface area contributed by atoms with E-state index in [4.69, 9.17) is 0 Å². The highest BCUT2D eigenvalue weighted by atomic mass is 14.9. The average molecular weight is 160 g/mol. The van der Waals surface area contributed by atoms with Gasteiger partial charge in [-0.25, -0.2) is 0 Å². The summed E-state index contributed by atoms with van der Waals surface area (Å²) in [5, 5.41) is 0. The van der Waals surface area contributed by atoms with Crippen molar-refractivity contribution in [2.24, 2.45) is 46.8 Å². The Bertz CT molecular complexity index is 286. The first-order chi connectivity index (χ1) is 5.81. The first-order valence-electron chi connectivity index (χ1n) is 5.81. The molecule has 0 amide bonds. The predicted octanol–water partition coefficient (Wildman–Crippen LogP) is 2.54. The van der Waals surface area contributed by atoms with Crippen molar-refractivity contribution >= 4 is 0 Å². The van der Waals surface area contributed by atoms with Crippen LogP contribution in [0, 0.1) is 46.8 Å². The van der Waals surface area contributed by atoms with E-state index in [-0.39, 0.29) is 0 Å². The summed E-state index contributed by atoms with van der Waals surface area (Å²) in [5.74, 6) is 8.62. The van der Waals surface area contributed by atoms with Gasteiger partial charge in [0.15, 0.2) is 0 Å². The molecule has 0 aromatic rings. The van der Waals surface area contributed by atoms with E-state index in [9.17, 15) is 0 Å². The molecular formula is C12H16. The summed E-state index contributed by atoms with van der Waals surface area (Å²) in [6.45, 7) is 2.62. The molecule has 8 atom stereocenters. The molecule has 0 saturated heterocycles. The molecule has 0 heterocycles. The van der Waals surface area contributed by atoms with Gasteiger partial charge < -0.3 is 0 Å². The van der Waals surface area contributed by atoms with Gasteiger partial charge in [-0.3, -0.25) is 0 Å². The molecule has 0 heteroatoms. The van der Waals surface area contributed by atoms with Crippen molar-refractivity contribution in [3.8, 4) is 0 Å². The van der Waals surface area contributed by atoms with E-state index in [1.807, 2.05) is 0 Å². The minimum atomic E-state index is 0.877. The summed E-state index contributed by atoms with van der Waals surface area (Å²) >= 11 is 0. The fourth-order valence-corrected chi connectivity index (χ4v) is 6.92. The molecule has 5 fully saturated rings. The molecule has 0 aliphatic heterocycles. The number of hydrogen-bond acceptors (Lipinski definition) is 0. The largest absolute Gasteiger partial charge is 0.0591 e. The van der Waals surface area contributed by atoms with Crippen LogP contribution in [0.5, 0.6) is 0 Å². The number of rotatable bonds is 0. The van der Waals surface area contributed by atoms with Crippen molar-refractivity contribution in [3.05, 3.63) is 0 Å². The molecule has 5 rings (SSSR count). The molecular weight excluding hydrogens is 144 g/mol. The van der Waals surface area contributed by atoms with Gasteiger partial charge in [0.2, 0.25) is 0 Å². The maximum absolute atomic E-state index is 2.62. The molecule has 0 aromatic heterocycles. The van der Waals surface area contributed by atoms with Crippen molar-refractivity contribution in [2.75, 3.05) is 0 Å². The van der Waals surface area contributed by atoms with Crippen LogP contribution in [0.4, 0.5) is 0 Å². The van der Waals surface area contributed by atoms with E-state index >= 15 is 0 Å².